The maximum Gasteiger partial charge on any atom is 0.254 e. The average Bonchev–Trinajstić information content (AvgIpc) is 2.67. The highest BCUT2D eigenvalue weighted by Crippen LogP contribution is 2.26. The molecule has 1 saturated heterocycles. The van der Waals surface area contributed by atoms with Gasteiger partial charge in [-0.25, -0.2) is 8.78 Å². The van der Waals surface area contributed by atoms with Crippen molar-refractivity contribution >= 4 is 11.6 Å². The Hall–Kier alpha value is -1.69. The molecule has 1 aromatic carbocycles. The fraction of sp³-hybridized carbons (Fsp3) is 0.462. The van der Waals surface area contributed by atoms with Crippen molar-refractivity contribution in [3.63, 3.8) is 0 Å². The Labute approximate surface area is 110 Å². The predicted molar refractivity (Wildman–Crippen MR) is 68.4 cm³/mol. The zero-order valence-electron chi connectivity index (χ0n) is 10.9. The van der Waals surface area contributed by atoms with Crippen molar-refractivity contribution in [2.75, 3.05) is 12.0 Å². The number of amides is 1. The van der Waals surface area contributed by atoms with Gasteiger partial charge in [-0.2, -0.15) is 0 Å². The second-order valence-electron chi connectivity index (χ2n) is 5.11. The van der Waals surface area contributed by atoms with Crippen molar-refractivity contribution < 1.29 is 13.6 Å². The van der Waals surface area contributed by atoms with E-state index in [1.54, 1.807) is 4.90 Å². The number of carbonyl (C=O) groups excluding carboxylic acids is 1. The molecule has 3 N–H and O–H groups in total. The van der Waals surface area contributed by atoms with E-state index in [1.807, 2.05) is 19.3 Å². The van der Waals surface area contributed by atoms with E-state index in [0.29, 0.717) is 12.5 Å². The van der Waals surface area contributed by atoms with E-state index in [0.717, 1.165) is 18.6 Å². The Bertz CT molecular complexity index is 484. The monoisotopic (exact) mass is 269 g/mol. The second kappa shape index (κ2) is 5.13. The average molecular weight is 269 g/mol. The third-order valence-electron chi connectivity index (χ3n) is 3.48. The van der Waals surface area contributed by atoms with Crippen LogP contribution in [0.5, 0.6) is 0 Å². The van der Waals surface area contributed by atoms with E-state index < -0.39 is 17.3 Å². The minimum Gasteiger partial charge on any atom is -0.336 e. The lowest BCUT2D eigenvalue weighted by molar-refractivity contribution is 0.0743. The molecule has 0 radical (unpaired) electrons. The number of hydrogen-bond acceptors (Lipinski definition) is 3. The first-order chi connectivity index (χ1) is 8.93. The molecule has 1 heterocycles. The molecule has 0 saturated carbocycles. The Balaban J connectivity index is 2.30. The van der Waals surface area contributed by atoms with Crippen molar-refractivity contribution in [2.45, 2.75) is 26.3 Å². The van der Waals surface area contributed by atoms with Gasteiger partial charge in [0, 0.05) is 18.2 Å². The molecule has 0 aromatic heterocycles. The van der Waals surface area contributed by atoms with Gasteiger partial charge in [0.15, 0.2) is 11.6 Å². The van der Waals surface area contributed by atoms with Crippen LogP contribution < -0.4 is 11.3 Å². The fourth-order valence-corrected chi connectivity index (χ4v) is 2.58. The maximum atomic E-state index is 13.6. The summed E-state index contributed by atoms with van der Waals surface area (Å²) in [7, 11) is 0. The summed E-state index contributed by atoms with van der Waals surface area (Å²) in [6, 6.07) is 2.10. The number of nitrogens with two attached hydrogens (primary N) is 1. The van der Waals surface area contributed by atoms with E-state index in [1.165, 1.54) is 0 Å². The Morgan fingerprint density at radius 3 is 2.37 bits per heavy atom. The van der Waals surface area contributed by atoms with Gasteiger partial charge in [0.25, 0.3) is 5.91 Å². The highest BCUT2D eigenvalue weighted by molar-refractivity contribution is 5.95. The summed E-state index contributed by atoms with van der Waals surface area (Å²) in [5.74, 6) is 3.33. The van der Waals surface area contributed by atoms with Crippen LogP contribution in [0.3, 0.4) is 0 Å². The summed E-state index contributed by atoms with van der Waals surface area (Å²) in [6.07, 6.45) is 0.902. The lowest BCUT2D eigenvalue weighted by atomic mass is 10.1. The molecule has 19 heavy (non-hydrogen) atoms. The van der Waals surface area contributed by atoms with Crippen LogP contribution >= 0.6 is 0 Å². The molecule has 104 valence electrons. The molecule has 1 aromatic rings. The first-order valence-corrected chi connectivity index (χ1v) is 6.20. The molecule has 1 aliphatic rings. The molecule has 0 aliphatic carbocycles. The van der Waals surface area contributed by atoms with Gasteiger partial charge in [0.05, 0.1) is 0 Å². The molecule has 1 amide bonds. The van der Waals surface area contributed by atoms with Crippen LogP contribution in [0.25, 0.3) is 0 Å². The zero-order valence-corrected chi connectivity index (χ0v) is 10.9. The van der Waals surface area contributed by atoms with Gasteiger partial charge < -0.3 is 10.3 Å². The topological polar surface area (TPSA) is 58.4 Å². The van der Waals surface area contributed by atoms with Crippen LogP contribution in [0.4, 0.5) is 14.5 Å². The van der Waals surface area contributed by atoms with Crippen LogP contribution in [-0.4, -0.2) is 23.4 Å². The number of benzene rings is 1. The smallest absolute Gasteiger partial charge is 0.254 e. The number of anilines is 1. The number of rotatable bonds is 2. The molecule has 6 heteroatoms. The minimum atomic E-state index is -0.870. The Kier molecular flexibility index (Phi) is 3.71. The number of halogens is 2. The SMILES string of the molecule is CC1CC(C)N(C(=O)c2cc(F)c(NN)c(F)c2)C1. The Morgan fingerprint density at radius 1 is 1.37 bits per heavy atom. The van der Waals surface area contributed by atoms with E-state index in [-0.39, 0.29) is 17.5 Å². The number of nitrogens with one attached hydrogen (secondary N) is 1. The standard InChI is InChI=1S/C13H17F2N3O/c1-7-3-8(2)18(6-7)13(19)9-4-10(14)12(17-16)11(15)5-9/h4-5,7-8,17H,3,6,16H2,1-2H3. The van der Waals surface area contributed by atoms with Gasteiger partial charge >= 0.3 is 0 Å². The highest BCUT2D eigenvalue weighted by atomic mass is 19.1. The van der Waals surface area contributed by atoms with Gasteiger partial charge in [-0.3, -0.25) is 10.6 Å². The molecule has 2 rings (SSSR count). The normalized spacial score (nSPS) is 22.7. The summed E-state index contributed by atoms with van der Waals surface area (Å²) >= 11 is 0. The lowest BCUT2D eigenvalue weighted by Gasteiger charge is -2.21. The van der Waals surface area contributed by atoms with Crippen molar-refractivity contribution in [1.29, 1.82) is 0 Å². The molecule has 0 spiro atoms. The zero-order chi connectivity index (χ0) is 14.2. The summed E-state index contributed by atoms with van der Waals surface area (Å²) < 4.78 is 27.2. The molecule has 4 nitrogen and oxygen atoms in total. The van der Waals surface area contributed by atoms with Gasteiger partial charge in [0.2, 0.25) is 0 Å². The van der Waals surface area contributed by atoms with Crippen LogP contribution in [0.2, 0.25) is 0 Å². The van der Waals surface area contributed by atoms with E-state index in [9.17, 15) is 13.6 Å². The molecule has 0 bridgehead atoms. The van der Waals surface area contributed by atoms with E-state index in [2.05, 4.69) is 0 Å². The Morgan fingerprint density at radius 2 is 1.95 bits per heavy atom. The van der Waals surface area contributed by atoms with Gasteiger partial charge in [-0.1, -0.05) is 6.92 Å². The van der Waals surface area contributed by atoms with Crippen LogP contribution in [0, 0.1) is 17.6 Å². The second-order valence-corrected chi connectivity index (χ2v) is 5.11. The number of hydrogen-bond donors (Lipinski definition) is 2. The largest absolute Gasteiger partial charge is 0.336 e. The number of carbonyl (C=O) groups is 1. The molecular formula is C13H17F2N3O. The first kappa shape index (κ1) is 13.7. The van der Waals surface area contributed by atoms with Crippen LogP contribution in [0.15, 0.2) is 12.1 Å². The maximum absolute atomic E-state index is 13.6. The van der Waals surface area contributed by atoms with Crippen LogP contribution in [-0.2, 0) is 0 Å². The molecule has 2 atom stereocenters. The van der Waals surface area contributed by atoms with Gasteiger partial charge in [-0.05, 0) is 31.4 Å². The summed E-state index contributed by atoms with van der Waals surface area (Å²) in [4.78, 5) is 13.9. The summed E-state index contributed by atoms with van der Waals surface area (Å²) in [5, 5.41) is 0. The van der Waals surface area contributed by atoms with Gasteiger partial charge in [-0.15, -0.1) is 0 Å². The first-order valence-electron chi connectivity index (χ1n) is 6.20. The summed E-state index contributed by atoms with van der Waals surface area (Å²) in [6.45, 7) is 4.59. The van der Waals surface area contributed by atoms with Crippen molar-refractivity contribution in [2.24, 2.45) is 11.8 Å². The van der Waals surface area contributed by atoms with Gasteiger partial charge in [0.1, 0.15) is 5.69 Å². The summed E-state index contributed by atoms with van der Waals surface area (Å²) in [5.41, 5.74) is 1.52. The molecular weight excluding hydrogens is 252 g/mol. The van der Waals surface area contributed by atoms with E-state index in [4.69, 9.17) is 5.84 Å². The number of hydrazine groups is 1. The lowest BCUT2D eigenvalue weighted by Crippen LogP contribution is -2.34. The van der Waals surface area contributed by atoms with Crippen molar-refractivity contribution in [3.8, 4) is 0 Å². The highest BCUT2D eigenvalue weighted by Gasteiger charge is 2.31. The third kappa shape index (κ3) is 2.53. The van der Waals surface area contributed by atoms with Crippen molar-refractivity contribution in [1.82, 2.24) is 4.90 Å². The molecule has 1 fully saturated rings. The third-order valence-corrected chi connectivity index (χ3v) is 3.48. The minimum absolute atomic E-state index is 0.00921. The number of likely N-dealkylation sites (tertiary alicyclic amines) is 1. The van der Waals surface area contributed by atoms with Crippen molar-refractivity contribution in [3.05, 3.63) is 29.3 Å². The number of nitrogens with zero attached hydrogens (tertiary/aromatic N) is 1. The molecule has 1 aliphatic heterocycles. The number of nitrogen functional groups attached to an aromatic ring is 1. The quantitative estimate of drug-likeness (QED) is 0.638. The van der Waals surface area contributed by atoms with E-state index >= 15 is 0 Å². The fourth-order valence-electron chi connectivity index (χ4n) is 2.58. The molecule has 2 unspecified atom stereocenters. The predicted octanol–water partition coefficient (Wildman–Crippen LogP) is 2.12. The van der Waals surface area contributed by atoms with Crippen LogP contribution in [0.1, 0.15) is 30.6 Å².